The van der Waals surface area contributed by atoms with Crippen LogP contribution in [0.3, 0.4) is 0 Å². The molecule has 0 fully saturated rings. The van der Waals surface area contributed by atoms with E-state index >= 15 is 0 Å². The molecule has 2 unspecified atom stereocenters. The van der Waals surface area contributed by atoms with E-state index in [9.17, 15) is 5.11 Å². The minimum atomic E-state index is -0.858. The van der Waals surface area contributed by atoms with Crippen LogP contribution in [0.15, 0.2) is 12.1 Å². The molecule has 1 aromatic rings. The van der Waals surface area contributed by atoms with Crippen molar-refractivity contribution in [3.63, 3.8) is 0 Å². The summed E-state index contributed by atoms with van der Waals surface area (Å²) in [7, 11) is 1.52. The van der Waals surface area contributed by atoms with E-state index in [0.29, 0.717) is 29.2 Å². The average molecular weight is 249 g/mol. The molecule has 0 bridgehead atoms. The van der Waals surface area contributed by atoms with Gasteiger partial charge >= 0.3 is 0 Å². The molecule has 1 N–H and O–H groups in total. The predicted molar refractivity (Wildman–Crippen MR) is 63.5 cm³/mol. The van der Waals surface area contributed by atoms with Gasteiger partial charge < -0.3 is 19.3 Å². The van der Waals surface area contributed by atoms with Gasteiger partial charge in [-0.3, -0.25) is 0 Å². The molecule has 0 radical (unpaired) electrons. The highest BCUT2D eigenvalue weighted by atomic mass is 16.7. The second kappa shape index (κ2) is 5.15. The summed E-state index contributed by atoms with van der Waals surface area (Å²) in [5.74, 6) is 1.14. The first-order valence-electron chi connectivity index (χ1n) is 5.76. The summed E-state index contributed by atoms with van der Waals surface area (Å²) in [5.41, 5.74) is 0.601. The number of aliphatic hydroxyl groups excluding tert-OH is 1. The lowest BCUT2D eigenvalue weighted by atomic mass is 9.94. The summed E-state index contributed by atoms with van der Waals surface area (Å²) in [6.45, 7) is 2.00. The van der Waals surface area contributed by atoms with Gasteiger partial charge in [0.1, 0.15) is 0 Å². The molecule has 0 aliphatic carbocycles. The van der Waals surface area contributed by atoms with Crippen LogP contribution < -0.4 is 14.2 Å². The van der Waals surface area contributed by atoms with Crippen LogP contribution in [-0.4, -0.2) is 19.0 Å². The van der Waals surface area contributed by atoms with E-state index in [2.05, 4.69) is 6.07 Å². The van der Waals surface area contributed by atoms with Gasteiger partial charge in [-0.1, -0.05) is 6.92 Å². The lowest BCUT2D eigenvalue weighted by Gasteiger charge is -2.16. The Hall–Kier alpha value is -1.93. The van der Waals surface area contributed by atoms with Gasteiger partial charge in [-0.2, -0.15) is 5.26 Å². The standard InChI is InChI=1S/C13H15NO4/c1-3-8(6-14)12(15)9-4-10(16-2)13-11(5-9)17-7-18-13/h4-5,8,12,15H,3,7H2,1-2H3. The molecular weight excluding hydrogens is 234 g/mol. The molecule has 2 rings (SSSR count). The van der Waals surface area contributed by atoms with Crippen LogP contribution in [0.5, 0.6) is 17.2 Å². The average Bonchev–Trinajstić information content (AvgIpc) is 2.86. The third-order valence-electron chi connectivity index (χ3n) is 3.01. The number of methoxy groups -OCH3 is 1. The summed E-state index contributed by atoms with van der Waals surface area (Å²) in [4.78, 5) is 0. The fourth-order valence-electron chi connectivity index (χ4n) is 1.94. The van der Waals surface area contributed by atoms with Gasteiger partial charge in [0.15, 0.2) is 11.5 Å². The Bertz CT molecular complexity index is 481. The predicted octanol–water partition coefficient (Wildman–Crippen LogP) is 2.01. The van der Waals surface area contributed by atoms with E-state index < -0.39 is 12.0 Å². The van der Waals surface area contributed by atoms with Gasteiger partial charge in [-0.15, -0.1) is 0 Å². The Balaban J connectivity index is 2.38. The van der Waals surface area contributed by atoms with Crippen LogP contribution in [-0.2, 0) is 0 Å². The Kier molecular flexibility index (Phi) is 3.58. The van der Waals surface area contributed by atoms with Gasteiger partial charge in [0.05, 0.1) is 25.2 Å². The number of nitrogens with zero attached hydrogens (tertiary/aromatic N) is 1. The molecule has 0 saturated carbocycles. The maximum Gasteiger partial charge on any atom is 0.231 e. The first-order valence-corrected chi connectivity index (χ1v) is 5.76. The van der Waals surface area contributed by atoms with Crippen molar-refractivity contribution in [2.24, 2.45) is 5.92 Å². The molecule has 0 aromatic heterocycles. The second-order valence-corrected chi connectivity index (χ2v) is 4.05. The zero-order valence-corrected chi connectivity index (χ0v) is 10.3. The smallest absolute Gasteiger partial charge is 0.231 e. The van der Waals surface area contributed by atoms with E-state index in [-0.39, 0.29) is 6.79 Å². The van der Waals surface area contributed by atoms with Crippen molar-refractivity contribution in [3.8, 4) is 23.3 Å². The van der Waals surface area contributed by atoms with Crippen LogP contribution >= 0.6 is 0 Å². The quantitative estimate of drug-likeness (QED) is 0.883. The Morgan fingerprint density at radius 1 is 1.50 bits per heavy atom. The molecule has 2 atom stereocenters. The molecule has 5 heteroatoms. The molecule has 18 heavy (non-hydrogen) atoms. The van der Waals surface area contributed by atoms with Crippen LogP contribution in [0.25, 0.3) is 0 Å². The highest BCUT2D eigenvalue weighted by Crippen LogP contribution is 2.43. The van der Waals surface area contributed by atoms with Crippen molar-refractivity contribution in [1.82, 2.24) is 0 Å². The molecule has 0 amide bonds. The molecule has 1 aromatic carbocycles. The molecule has 0 saturated heterocycles. The largest absolute Gasteiger partial charge is 0.493 e. The van der Waals surface area contributed by atoms with Gasteiger partial charge in [-0.25, -0.2) is 0 Å². The van der Waals surface area contributed by atoms with Gasteiger partial charge in [0.25, 0.3) is 0 Å². The fraction of sp³-hybridized carbons (Fsp3) is 0.462. The molecule has 5 nitrogen and oxygen atoms in total. The molecule has 1 aliphatic heterocycles. The Morgan fingerprint density at radius 3 is 2.89 bits per heavy atom. The number of ether oxygens (including phenoxy) is 3. The van der Waals surface area contributed by atoms with E-state index in [0.717, 1.165) is 0 Å². The van der Waals surface area contributed by atoms with Crippen LogP contribution in [0.1, 0.15) is 25.0 Å². The lowest BCUT2D eigenvalue weighted by Crippen LogP contribution is -2.10. The third kappa shape index (κ3) is 2.07. The van der Waals surface area contributed by atoms with Crippen molar-refractivity contribution in [2.45, 2.75) is 19.4 Å². The first-order chi connectivity index (χ1) is 8.71. The Morgan fingerprint density at radius 2 is 2.28 bits per heavy atom. The first kappa shape index (κ1) is 12.5. The number of rotatable bonds is 4. The highest BCUT2D eigenvalue weighted by Gasteiger charge is 2.25. The summed E-state index contributed by atoms with van der Waals surface area (Å²) in [5, 5.41) is 19.1. The fourth-order valence-corrected chi connectivity index (χ4v) is 1.94. The lowest BCUT2D eigenvalue weighted by molar-refractivity contribution is 0.132. The van der Waals surface area contributed by atoms with E-state index in [4.69, 9.17) is 19.5 Å². The highest BCUT2D eigenvalue weighted by molar-refractivity contribution is 5.55. The van der Waals surface area contributed by atoms with Gasteiger partial charge in [0, 0.05) is 0 Å². The second-order valence-electron chi connectivity index (χ2n) is 4.05. The number of hydrogen-bond donors (Lipinski definition) is 1. The number of hydrogen-bond acceptors (Lipinski definition) is 5. The zero-order valence-electron chi connectivity index (χ0n) is 10.3. The molecule has 96 valence electrons. The van der Waals surface area contributed by atoms with Gasteiger partial charge in [-0.05, 0) is 24.1 Å². The SMILES string of the molecule is CCC(C#N)C(O)c1cc(OC)c2c(c1)OCO2. The maximum atomic E-state index is 10.2. The molecule has 1 heterocycles. The van der Waals surface area contributed by atoms with Crippen molar-refractivity contribution in [3.05, 3.63) is 17.7 Å². The number of fused-ring (bicyclic) bond motifs is 1. The van der Waals surface area contributed by atoms with Crippen LogP contribution in [0.4, 0.5) is 0 Å². The maximum absolute atomic E-state index is 10.2. The summed E-state index contributed by atoms with van der Waals surface area (Å²) >= 11 is 0. The molecule has 1 aliphatic rings. The minimum absolute atomic E-state index is 0.140. The van der Waals surface area contributed by atoms with Crippen LogP contribution in [0, 0.1) is 17.2 Å². The minimum Gasteiger partial charge on any atom is -0.493 e. The molecule has 0 spiro atoms. The summed E-state index contributed by atoms with van der Waals surface area (Å²) in [6, 6.07) is 5.46. The monoisotopic (exact) mass is 249 g/mol. The summed E-state index contributed by atoms with van der Waals surface area (Å²) < 4.78 is 15.8. The zero-order chi connectivity index (χ0) is 13.1. The van der Waals surface area contributed by atoms with Gasteiger partial charge in [0.2, 0.25) is 12.5 Å². The van der Waals surface area contributed by atoms with E-state index in [1.807, 2.05) is 6.92 Å². The normalized spacial score (nSPS) is 15.9. The summed E-state index contributed by atoms with van der Waals surface area (Å²) in [6.07, 6.45) is -0.280. The van der Waals surface area contributed by atoms with Crippen molar-refractivity contribution in [2.75, 3.05) is 13.9 Å². The number of benzene rings is 1. The van der Waals surface area contributed by atoms with E-state index in [1.165, 1.54) is 7.11 Å². The Labute approximate surface area is 106 Å². The third-order valence-corrected chi connectivity index (χ3v) is 3.01. The van der Waals surface area contributed by atoms with Crippen molar-refractivity contribution >= 4 is 0 Å². The number of nitriles is 1. The molecular formula is C13H15NO4. The number of aliphatic hydroxyl groups is 1. The van der Waals surface area contributed by atoms with E-state index in [1.54, 1.807) is 12.1 Å². The van der Waals surface area contributed by atoms with Crippen molar-refractivity contribution in [1.29, 1.82) is 5.26 Å². The topological polar surface area (TPSA) is 71.7 Å². The van der Waals surface area contributed by atoms with Crippen LogP contribution in [0.2, 0.25) is 0 Å². The van der Waals surface area contributed by atoms with Crippen molar-refractivity contribution < 1.29 is 19.3 Å².